The molecule has 0 amide bonds. The van der Waals surface area contributed by atoms with Gasteiger partial charge in [0.15, 0.2) is 0 Å². The topological polar surface area (TPSA) is 89.6 Å². The van der Waals surface area contributed by atoms with E-state index in [2.05, 4.69) is 11.3 Å². The first-order valence-electron chi connectivity index (χ1n) is 3.36. The highest BCUT2D eigenvalue weighted by Crippen LogP contribution is 1.97. The zero-order chi connectivity index (χ0) is 9.56. The number of carboxylic acids is 1. The van der Waals surface area contributed by atoms with Crippen LogP contribution in [0.2, 0.25) is 0 Å². The average molecular weight is 173 g/mol. The Hall–Kier alpha value is -1.36. The van der Waals surface area contributed by atoms with Gasteiger partial charge in [0.05, 0.1) is 6.26 Å². The molecule has 0 spiro atoms. The molecule has 0 aliphatic carbocycles. The zero-order valence-electron chi connectivity index (χ0n) is 6.53. The third kappa shape index (κ3) is 4.45. The number of nitrogens with two attached hydrogens (primary N) is 1. The van der Waals surface area contributed by atoms with Crippen molar-refractivity contribution in [3.63, 3.8) is 0 Å². The van der Waals surface area contributed by atoms with Gasteiger partial charge in [0, 0.05) is 6.42 Å². The Morgan fingerprint density at radius 2 is 2.25 bits per heavy atom. The second-order valence-electron chi connectivity index (χ2n) is 2.14. The summed E-state index contributed by atoms with van der Waals surface area (Å²) in [5, 5.41) is 8.33. The Bertz CT molecular complexity index is 190. The molecule has 0 aromatic carbocycles. The standard InChI is InChI=1S/C7H11NO4/c1-2-12-6(9)4-3-5(8)7(10)11/h2,5H,1,3-4,8H2,(H,10,11)/t5-/m0/s1. The first-order chi connectivity index (χ1) is 5.57. The summed E-state index contributed by atoms with van der Waals surface area (Å²) < 4.78 is 4.35. The molecule has 68 valence electrons. The molecule has 0 rings (SSSR count). The number of carbonyl (C=O) groups is 2. The molecular formula is C7H11NO4. The number of carbonyl (C=O) groups excluding carboxylic acids is 1. The van der Waals surface area contributed by atoms with E-state index in [-0.39, 0.29) is 12.8 Å². The second-order valence-corrected chi connectivity index (χ2v) is 2.14. The van der Waals surface area contributed by atoms with Crippen LogP contribution in [0.3, 0.4) is 0 Å². The van der Waals surface area contributed by atoms with Gasteiger partial charge in [-0.25, -0.2) is 0 Å². The Balaban J connectivity index is 3.60. The lowest BCUT2D eigenvalue weighted by Crippen LogP contribution is -2.30. The van der Waals surface area contributed by atoms with Crippen molar-refractivity contribution in [3.05, 3.63) is 12.8 Å². The van der Waals surface area contributed by atoms with Gasteiger partial charge in [-0.2, -0.15) is 0 Å². The summed E-state index contributed by atoms with van der Waals surface area (Å²) in [5.74, 6) is -1.65. The van der Waals surface area contributed by atoms with Gasteiger partial charge in [0.25, 0.3) is 0 Å². The van der Waals surface area contributed by atoms with E-state index in [1.54, 1.807) is 0 Å². The predicted octanol–water partition coefficient (Wildman–Crippen LogP) is -0.135. The molecule has 5 nitrogen and oxygen atoms in total. The van der Waals surface area contributed by atoms with Crippen LogP contribution >= 0.6 is 0 Å². The Morgan fingerprint density at radius 3 is 2.67 bits per heavy atom. The monoisotopic (exact) mass is 173 g/mol. The van der Waals surface area contributed by atoms with Crippen LogP contribution in [0, 0.1) is 0 Å². The van der Waals surface area contributed by atoms with Gasteiger partial charge in [0.2, 0.25) is 0 Å². The van der Waals surface area contributed by atoms with Crippen LogP contribution in [0.1, 0.15) is 12.8 Å². The first-order valence-corrected chi connectivity index (χ1v) is 3.36. The summed E-state index contributed by atoms with van der Waals surface area (Å²) >= 11 is 0. The third-order valence-corrected chi connectivity index (χ3v) is 1.19. The van der Waals surface area contributed by atoms with Crippen molar-refractivity contribution in [2.75, 3.05) is 0 Å². The highest BCUT2D eigenvalue weighted by atomic mass is 16.5. The van der Waals surface area contributed by atoms with E-state index in [9.17, 15) is 9.59 Å². The Kier molecular flexibility index (Phi) is 4.71. The lowest BCUT2D eigenvalue weighted by molar-refractivity contribution is -0.140. The van der Waals surface area contributed by atoms with E-state index in [1.165, 1.54) is 0 Å². The molecule has 5 heteroatoms. The van der Waals surface area contributed by atoms with Crippen molar-refractivity contribution in [3.8, 4) is 0 Å². The smallest absolute Gasteiger partial charge is 0.320 e. The van der Waals surface area contributed by atoms with E-state index in [0.717, 1.165) is 6.26 Å². The minimum absolute atomic E-state index is 0.0144. The average Bonchev–Trinajstić information content (AvgIpc) is 2.00. The molecule has 0 saturated heterocycles. The van der Waals surface area contributed by atoms with Crippen LogP contribution in [-0.2, 0) is 14.3 Å². The van der Waals surface area contributed by atoms with E-state index in [1.807, 2.05) is 0 Å². The van der Waals surface area contributed by atoms with Gasteiger partial charge >= 0.3 is 11.9 Å². The number of aliphatic carboxylic acids is 1. The van der Waals surface area contributed by atoms with Gasteiger partial charge in [-0.15, -0.1) is 0 Å². The van der Waals surface area contributed by atoms with Crippen molar-refractivity contribution in [2.45, 2.75) is 18.9 Å². The fourth-order valence-corrected chi connectivity index (χ4v) is 0.549. The van der Waals surface area contributed by atoms with Crippen molar-refractivity contribution < 1.29 is 19.4 Å². The largest absolute Gasteiger partial charge is 0.480 e. The van der Waals surface area contributed by atoms with E-state index < -0.39 is 18.0 Å². The second kappa shape index (κ2) is 5.31. The fraction of sp³-hybridized carbons (Fsp3) is 0.429. The third-order valence-electron chi connectivity index (χ3n) is 1.19. The van der Waals surface area contributed by atoms with Crippen molar-refractivity contribution in [1.82, 2.24) is 0 Å². The maximum Gasteiger partial charge on any atom is 0.320 e. The van der Waals surface area contributed by atoms with Crippen LogP contribution < -0.4 is 5.73 Å². The molecule has 12 heavy (non-hydrogen) atoms. The lowest BCUT2D eigenvalue weighted by Gasteiger charge is -2.03. The van der Waals surface area contributed by atoms with E-state index >= 15 is 0 Å². The summed E-state index contributed by atoms with van der Waals surface area (Å²) in [6, 6.07) is -1.01. The molecule has 0 unspecified atom stereocenters. The first kappa shape index (κ1) is 10.6. The molecule has 0 aliphatic heterocycles. The molecule has 0 aromatic rings. The molecular weight excluding hydrogens is 162 g/mol. The minimum Gasteiger partial charge on any atom is -0.480 e. The van der Waals surface area contributed by atoms with Gasteiger partial charge in [0.1, 0.15) is 6.04 Å². The number of hydrogen-bond donors (Lipinski definition) is 2. The maximum atomic E-state index is 10.6. The van der Waals surface area contributed by atoms with Crippen molar-refractivity contribution in [1.29, 1.82) is 0 Å². The van der Waals surface area contributed by atoms with Crippen LogP contribution in [-0.4, -0.2) is 23.1 Å². The number of esters is 1. The lowest BCUT2D eigenvalue weighted by atomic mass is 10.2. The molecule has 0 bridgehead atoms. The molecule has 0 fully saturated rings. The SMILES string of the molecule is C=COC(=O)CC[C@H](N)C(=O)O. The van der Waals surface area contributed by atoms with E-state index in [4.69, 9.17) is 10.8 Å². The number of carboxylic acid groups (broad SMARTS) is 1. The fourth-order valence-electron chi connectivity index (χ4n) is 0.549. The molecule has 0 radical (unpaired) electrons. The van der Waals surface area contributed by atoms with Crippen LogP contribution in [0.25, 0.3) is 0 Å². The predicted molar refractivity (Wildman–Crippen MR) is 41.1 cm³/mol. The summed E-state index contributed by atoms with van der Waals surface area (Å²) in [7, 11) is 0. The van der Waals surface area contributed by atoms with Crippen LogP contribution in [0.15, 0.2) is 12.8 Å². The normalized spacial score (nSPS) is 11.8. The Morgan fingerprint density at radius 1 is 1.67 bits per heavy atom. The van der Waals surface area contributed by atoms with Crippen LogP contribution in [0.4, 0.5) is 0 Å². The quantitative estimate of drug-likeness (QED) is 0.446. The van der Waals surface area contributed by atoms with Gasteiger partial charge in [-0.1, -0.05) is 6.58 Å². The van der Waals surface area contributed by atoms with Gasteiger partial charge < -0.3 is 15.6 Å². The number of hydrogen-bond acceptors (Lipinski definition) is 4. The van der Waals surface area contributed by atoms with Gasteiger partial charge in [-0.3, -0.25) is 9.59 Å². The summed E-state index contributed by atoms with van der Waals surface area (Å²) in [4.78, 5) is 20.8. The summed E-state index contributed by atoms with van der Waals surface area (Å²) in [6.07, 6.45) is 1.05. The molecule has 0 heterocycles. The molecule has 0 aliphatic rings. The minimum atomic E-state index is -1.12. The highest BCUT2D eigenvalue weighted by molar-refractivity contribution is 5.75. The van der Waals surface area contributed by atoms with E-state index in [0.29, 0.717) is 0 Å². The number of ether oxygens (including phenoxy) is 1. The van der Waals surface area contributed by atoms with Gasteiger partial charge in [-0.05, 0) is 6.42 Å². The highest BCUT2D eigenvalue weighted by Gasteiger charge is 2.13. The zero-order valence-corrected chi connectivity index (χ0v) is 6.53. The summed E-state index contributed by atoms with van der Waals surface area (Å²) in [6.45, 7) is 3.17. The molecule has 0 saturated carbocycles. The van der Waals surface area contributed by atoms with Crippen LogP contribution in [0.5, 0.6) is 0 Å². The molecule has 1 atom stereocenters. The molecule has 3 N–H and O–H groups in total. The van der Waals surface area contributed by atoms with Crippen molar-refractivity contribution in [2.24, 2.45) is 5.73 Å². The summed E-state index contributed by atoms with van der Waals surface area (Å²) in [5.41, 5.74) is 5.13. The molecule has 0 aromatic heterocycles. The Labute approximate surface area is 69.8 Å². The van der Waals surface area contributed by atoms with Crippen molar-refractivity contribution >= 4 is 11.9 Å². The number of rotatable bonds is 5. The maximum absolute atomic E-state index is 10.6.